The van der Waals surface area contributed by atoms with Crippen LogP contribution >= 0.6 is 11.6 Å². The molecule has 1 N–H and O–H groups in total. The largest absolute Gasteiger partial charge is 0.317 e. The van der Waals surface area contributed by atoms with Gasteiger partial charge in [-0.15, -0.1) is 0 Å². The van der Waals surface area contributed by atoms with Crippen LogP contribution in [-0.2, 0) is 16.3 Å². The van der Waals surface area contributed by atoms with Crippen LogP contribution in [0.3, 0.4) is 0 Å². The summed E-state index contributed by atoms with van der Waals surface area (Å²) in [6.07, 6.45) is 1.54. The molecule has 1 atom stereocenters. The number of benzene rings is 1. The molecule has 0 bridgehead atoms. The van der Waals surface area contributed by atoms with Crippen LogP contribution in [0, 0.1) is 5.92 Å². The molecule has 20 heavy (non-hydrogen) atoms. The molecule has 0 fully saturated rings. The lowest BCUT2D eigenvalue weighted by Gasteiger charge is -2.17. The average Bonchev–Trinajstić information content (AvgIpc) is 2.42. The maximum absolute atomic E-state index is 11.6. The average molecular weight is 318 g/mol. The lowest BCUT2D eigenvalue weighted by Crippen LogP contribution is -2.26. The van der Waals surface area contributed by atoms with E-state index in [0.717, 1.165) is 30.1 Å². The van der Waals surface area contributed by atoms with Gasteiger partial charge in [0.1, 0.15) is 9.84 Å². The number of rotatable bonds is 9. The van der Waals surface area contributed by atoms with Crippen molar-refractivity contribution in [2.75, 3.05) is 24.6 Å². The Hall–Kier alpha value is -0.580. The van der Waals surface area contributed by atoms with Gasteiger partial charge in [0.25, 0.3) is 0 Å². The second-order valence-corrected chi connectivity index (χ2v) is 7.94. The van der Waals surface area contributed by atoms with Crippen molar-refractivity contribution in [2.24, 2.45) is 5.92 Å². The normalized spacial score (nSPS) is 13.3. The van der Waals surface area contributed by atoms with Crippen molar-refractivity contribution in [3.8, 4) is 0 Å². The smallest absolute Gasteiger partial charge is 0.150 e. The first-order valence-electron chi connectivity index (χ1n) is 7.12. The monoisotopic (exact) mass is 317 g/mol. The van der Waals surface area contributed by atoms with Crippen LogP contribution in [0.5, 0.6) is 0 Å². The van der Waals surface area contributed by atoms with Crippen molar-refractivity contribution < 1.29 is 8.42 Å². The summed E-state index contributed by atoms with van der Waals surface area (Å²) in [5.41, 5.74) is 1.16. The van der Waals surface area contributed by atoms with Gasteiger partial charge >= 0.3 is 0 Å². The molecular formula is C15H24ClNO2S. The van der Waals surface area contributed by atoms with Gasteiger partial charge in [-0.25, -0.2) is 8.42 Å². The molecule has 0 aromatic heterocycles. The standard InChI is InChI=1S/C15H24ClNO2S/c1-3-17-12-14(8-9-20(18,19)4-2)10-13-6-5-7-15(16)11-13/h5-7,11,14,17H,3-4,8-10,12H2,1-2H3. The third-order valence-corrected chi connectivity index (χ3v) is 5.35. The van der Waals surface area contributed by atoms with Crippen LogP contribution in [0.4, 0.5) is 0 Å². The Kier molecular flexibility index (Phi) is 7.56. The summed E-state index contributed by atoms with van der Waals surface area (Å²) in [6, 6.07) is 7.78. The molecule has 0 aliphatic rings. The van der Waals surface area contributed by atoms with E-state index in [0.29, 0.717) is 12.3 Å². The lowest BCUT2D eigenvalue weighted by molar-refractivity contribution is 0.465. The van der Waals surface area contributed by atoms with Crippen molar-refractivity contribution in [2.45, 2.75) is 26.7 Å². The first-order chi connectivity index (χ1) is 9.46. The predicted molar refractivity (Wildman–Crippen MR) is 86.1 cm³/mol. The van der Waals surface area contributed by atoms with Crippen LogP contribution in [0.2, 0.25) is 5.02 Å². The second-order valence-electron chi connectivity index (χ2n) is 5.03. The summed E-state index contributed by atoms with van der Waals surface area (Å²) in [4.78, 5) is 0. The fourth-order valence-corrected chi connectivity index (χ4v) is 3.31. The molecule has 0 aliphatic carbocycles. The second kappa shape index (κ2) is 8.65. The van der Waals surface area contributed by atoms with Gasteiger partial charge in [0.05, 0.1) is 5.75 Å². The van der Waals surface area contributed by atoms with Gasteiger partial charge in [-0.05, 0) is 49.5 Å². The molecule has 0 heterocycles. The fourth-order valence-electron chi connectivity index (χ4n) is 2.11. The molecular weight excluding hydrogens is 294 g/mol. The molecule has 1 unspecified atom stereocenters. The highest BCUT2D eigenvalue weighted by Gasteiger charge is 2.15. The van der Waals surface area contributed by atoms with Gasteiger partial charge in [-0.2, -0.15) is 0 Å². The van der Waals surface area contributed by atoms with Gasteiger partial charge in [-0.3, -0.25) is 0 Å². The Morgan fingerprint density at radius 2 is 2.05 bits per heavy atom. The van der Waals surface area contributed by atoms with Gasteiger partial charge in [0, 0.05) is 10.8 Å². The van der Waals surface area contributed by atoms with Gasteiger partial charge in [-0.1, -0.05) is 37.6 Å². The Bertz CT molecular complexity index is 502. The van der Waals surface area contributed by atoms with Crippen molar-refractivity contribution in [1.82, 2.24) is 5.32 Å². The van der Waals surface area contributed by atoms with Gasteiger partial charge < -0.3 is 5.32 Å². The van der Waals surface area contributed by atoms with Crippen molar-refractivity contribution in [3.63, 3.8) is 0 Å². The van der Waals surface area contributed by atoms with Crippen LogP contribution in [0.25, 0.3) is 0 Å². The Balaban J connectivity index is 2.64. The highest BCUT2D eigenvalue weighted by molar-refractivity contribution is 7.91. The van der Waals surface area contributed by atoms with E-state index in [4.69, 9.17) is 11.6 Å². The maximum atomic E-state index is 11.6. The van der Waals surface area contributed by atoms with E-state index in [-0.39, 0.29) is 11.5 Å². The van der Waals surface area contributed by atoms with E-state index in [1.807, 2.05) is 24.3 Å². The van der Waals surface area contributed by atoms with Crippen molar-refractivity contribution in [3.05, 3.63) is 34.9 Å². The van der Waals surface area contributed by atoms with Crippen LogP contribution in [0.15, 0.2) is 24.3 Å². The molecule has 5 heteroatoms. The van der Waals surface area contributed by atoms with Crippen molar-refractivity contribution >= 4 is 21.4 Å². The highest BCUT2D eigenvalue weighted by atomic mass is 35.5. The molecule has 1 aromatic carbocycles. The Morgan fingerprint density at radius 1 is 1.30 bits per heavy atom. The number of hydrogen-bond acceptors (Lipinski definition) is 3. The van der Waals surface area contributed by atoms with Crippen LogP contribution in [0.1, 0.15) is 25.8 Å². The minimum absolute atomic E-state index is 0.220. The summed E-state index contributed by atoms with van der Waals surface area (Å²) >= 11 is 5.99. The summed E-state index contributed by atoms with van der Waals surface area (Å²) in [5.74, 6) is 0.799. The van der Waals surface area contributed by atoms with E-state index in [1.54, 1.807) is 6.92 Å². The molecule has 114 valence electrons. The van der Waals surface area contributed by atoms with Gasteiger partial charge in [0.2, 0.25) is 0 Å². The molecule has 0 saturated carbocycles. The summed E-state index contributed by atoms with van der Waals surface area (Å²) in [6.45, 7) is 5.49. The fraction of sp³-hybridized carbons (Fsp3) is 0.600. The number of nitrogens with one attached hydrogen (secondary N) is 1. The van der Waals surface area contributed by atoms with Crippen LogP contribution < -0.4 is 5.32 Å². The van der Waals surface area contributed by atoms with E-state index in [1.165, 1.54) is 0 Å². The minimum atomic E-state index is -2.89. The Labute approximate surface area is 127 Å². The third kappa shape index (κ3) is 6.73. The third-order valence-electron chi connectivity index (χ3n) is 3.37. The number of sulfone groups is 1. The molecule has 3 nitrogen and oxygen atoms in total. The van der Waals surface area contributed by atoms with E-state index >= 15 is 0 Å². The quantitative estimate of drug-likeness (QED) is 0.761. The first kappa shape index (κ1) is 17.5. The first-order valence-corrected chi connectivity index (χ1v) is 9.32. The minimum Gasteiger partial charge on any atom is -0.317 e. The zero-order valence-electron chi connectivity index (χ0n) is 12.2. The zero-order valence-corrected chi connectivity index (χ0v) is 13.8. The molecule has 0 aliphatic heterocycles. The summed E-state index contributed by atoms with van der Waals surface area (Å²) in [5, 5.41) is 4.04. The molecule has 1 aromatic rings. The maximum Gasteiger partial charge on any atom is 0.150 e. The van der Waals surface area contributed by atoms with Gasteiger partial charge in [0.15, 0.2) is 0 Å². The number of halogens is 1. The topological polar surface area (TPSA) is 46.2 Å². The molecule has 1 rings (SSSR count). The summed E-state index contributed by atoms with van der Waals surface area (Å²) < 4.78 is 23.3. The molecule has 0 radical (unpaired) electrons. The number of hydrogen-bond donors (Lipinski definition) is 1. The summed E-state index contributed by atoms with van der Waals surface area (Å²) in [7, 11) is -2.89. The Morgan fingerprint density at radius 3 is 2.65 bits per heavy atom. The van der Waals surface area contributed by atoms with E-state index in [9.17, 15) is 8.42 Å². The van der Waals surface area contributed by atoms with Crippen LogP contribution in [-0.4, -0.2) is 33.0 Å². The lowest BCUT2D eigenvalue weighted by atomic mass is 9.97. The molecule has 0 saturated heterocycles. The van der Waals surface area contributed by atoms with E-state index < -0.39 is 9.84 Å². The zero-order chi connectivity index (χ0) is 15.0. The predicted octanol–water partition coefficient (Wildman–Crippen LogP) is 2.93. The molecule has 0 amide bonds. The SMILES string of the molecule is CCNCC(CCS(=O)(=O)CC)Cc1cccc(Cl)c1. The van der Waals surface area contributed by atoms with E-state index in [2.05, 4.69) is 12.2 Å². The van der Waals surface area contributed by atoms with Crippen molar-refractivity contribution in [1.29, 1.82) is 0 Å². The molecule has 0 spiro atoms. The highest BCUT2D eigenvalue weighted by Crippen LogP contribution is 2.17.